The second kappa shape index (κ2) is 6.23. The molecule has 0 radical (unpaired) electrons. The van der Waals surface area contributed by atoms with E-state index in [0.29, 0.717) is 0 Å². The molecule has 118 valence electrons. The maximum absolute atomic E-state index is 12.8. The molecule has 0 atom stereocenters. The van der Waals surface area contributed by atoms with Gasteiger partial charge in [0.25, 0.3) is 0 Å². The molecular weight excluding hydrogens is 423 g/mol. The summed E-state index contributed by atoms with van der Waals surface area (Å²) in [5, 5.41) is 0. The maximum Gasteiger partial charge on any atom is 0.573 e. The number of carbonyl (C=O) groups is 1. The molecular formula is C10H6F6INO3. The molecule has 21 heavy (non-hydrogen) atoms. The molecule has 0 N–H and O–H groups in total. The number of pyridine rings is 1. The molecule has 4 nitrogen and oxygen atoms in total. The highest BCUT2D eigenvalue weighted by Gasteiger charge is 2.41. The Labute approximate surface area is 127 Å². The quantitative estimate of drug-likeness (QED) is 0.417. The molecule has 11 heteroatoms. The second-order valence-electron chi connectivity index (χ2n) is 3.43. The number of hydrogen-bond donors (Lipinski definition) is 0. The number of nitrogens with zero attached hydrogens (tertiary/aromatic N) is 1. The third kappa shape index (κ3) is 4.61. The first kappa shape index (κ1) is 17.8. The lowest BCUT2D eigenvalue weighted by Gasteiger charge is -2.16. The minimum absolute atomic E-state index is 0.251. The Bertz CT molecular complexity index is 543. The molecule has 0 spiro atoms. The average Bonchev–Trinajstić information content (AvgIpc) is 2.28. The van der Waals surface area contributed by atoms with E-state index in [1.807, 2.05) is 0 Å². The SMILES string of the molecule is CCOC(=O)c1c(C(F)(F)F)ncc(OC(F)(F)F)c1I. The lowest BCUT2D eigenvalue weighted by atomic mass is 10.2. The van der Waals surface area contributed by atoms with Crippen molar-refractivity contribution in [2.75, 3.05) is 6.61 Å². The molecule has 0 bridgehead atoms. The van der Waals surface area contributed by atoms with E-state index in [4.69, 9.17) is 0 Å². The van der Waals surface area contributed by atoms with Crippen LogP contribution in [0.5, 0.6) is 5.75 Å². The molecule has 1 rings (SSSR count). The highest BCUT2D eigenvalue weighted by molar-refractivity contribution is 14.1. The van der Waals surface area contributed by atoms with Gasteiger partial charge in [0.2, 0.25) is 0 Å². The molecule has 0 unspecified atom stereocenters. The zero-order valence-corrected chi connectivity index (χ0v) is 12.3. The van der Waals surface area contributed by atoms with E-state index in [1.54, 1.807) is 0 Å². The van der Waals surface area contributed by atoms with Gasteiger partial charge in [0, 0.05) is 0 Å². The third-order valence-electron chi connectivity index (χ3n) is 1.96. The summed E-state index contributed by atoms with van der Waals surface area (Å²) in [6, 6.07) is 0. The Hall–Kier alpha value is -1.27. The summed E-state index contributed by atoms with van der Waals surface area (Å²) >= 11 is 1.14. The van der Waals surface area contributed by atoms with Crippen molar-refractivity contribution in [1.29, 1.82) is 0 Å². The Morgan fingerprint density at radius 3 is 2.29 bits per heavy atom. The molecule has 0 aromatic carbocycles. The van der Waals surface area contributed by atoms with Crippen LogP contribution >= 0.6 is 22.6 Å². The topological polar surface area (TPSA) is 48.4 Å². The average molecular weight is 429 g/mol. The summed E-state index contributed by atoms with van der Waals surface area (Å²) in [6.45, 7) is 1.08. The molecule has 1 heterocycles. The van der Waals surface area contributed by atoms with Gasteiger partial charge < -0.3 is 9.47 Å². The fourth-order valence-electron chi connectivity index (χ4n) is 1.27. The molecule has 1 aromatic heterocycles. The van der Waals surface area contributed by atoms with Crippen molar-refractivity contribution in [2.24, 2.45) is 0 Å². The summed E-state index contributed by atoms with van der Waals surface area (Å²) in [5.41, 5.74) is -2.76. The predicted octanol–water partition coefficient (Wildman–Crippen LogP) is 3.78. The molecule has 0 aliphatic carbocycles. The normalized spacial score (nSPS) is 12.2. The number of aromatic nitrogens is 1. The predicted molar refractivity (Wildman–Crippen MR) is 64.6 cm³/mol. The summed E-state index contributed by atoms with van der Waals surface area (Å²) < 4.78 is 82.0. The fraction of sp³-hybridized carbons (Fsp3) is 0.400. The standard InChI is InChI=1S/C10H6F6INO3/c1-2-20-8(19)5-6(17)4(21-10(14,15)16)3-18-7(5)9(11,12)13/h3H,2H2,1H3. The first-order valence-corrected chi connectivity index (χ1v) is 6.23. The van der Waals surface area contributed by atoms with Crippen LogP contribution in [0.2, 0.25) is 0 Å². The number of carbonyl (C=O) groups excluding carboxylic acids is 1. The van der Waals surface area contributed by atoms with E-state index in [0.717, 1.165) is 22.6 Å². The van der Waals surface area contributed by atoms with E-state index in [9.17, 15) is 31.1 Å². The van der Waals surface area contributed by atoms with Gasteiger partial charge in [0.15, 0.2) is 11.4 Å². The fourth-order valence-corrected chi connectivity index (χ4v) is 2.00. The van der Waals surface area contributed by atoms with Crippen molar-refractivity contribution in [3.63, 3.8) is 0 Å². The van der Waals surface area contributed by atoms with Gasteiger partial charge in [-0.05, 0) is 29.5 Å². The van der Waals surface area contributed by atoms with Gasteiger partial charge in [0.1, 0.15) is 5.56 Å². The molecule has 0 amide bonds. The van der Waals surface area contributed by atoms with Crippen LogP contribution in [0, 0.1) is 3.57 Å². The zero-order chi connectivity index (χ0) is 16.4. The van der Waals surface area contributed by atoms with Crippen molar-refractivity contribution >= 4 is 28.6 Å². The first-order chi connectivity index (χ1) is 9.47. The Kier molecular flexibility index (Phi) is 5.28. The van der Waals surface area contributed by atoms with Gasteiger partial charge >= 0.3 is 18.5 Å². The molecule has 1 aromatic rings. The van der Waals surface area contributed by atoms with Crippen molar-refractivity contribution < 1.29 is 40.6 Å². The minimum Gasteiger partial charge on any atom is -0.462 e. The van der Waals surface area contributed by atoms with Crippen LogP contribution in [0.3, 0.4) is 0 Å². The third-order valence-corrected chi connectivity index (χ3v) is 3.03. The molecule has 0 saturated heterocycles. The minimum atomic E-state index is -5.13. The number of halogens is 7. The summed E-state index contributed by atoms with van der Waals surface area (Å²) in [5.74, 6) is -2.45. The van der Waals surface area contributed by atoms with E-state index >= 15 is 0 Å². The Balaban J connectivity index is 3.45. The van der Waals surface area contributed by atoms with Gasteiger partial charge in [-0.15, -0.1) is 13.2 Å². The zero-order valence-electron chi connectivity index (χ0n) is 10.1. The van der Waals surface area contributed by atoms with E-state index in [2.05, 4.69) is 14.5 Å². The Morgan fingerprint density at radius 1 is 1.29 bits per heavy atom. The van der Waals surface area contributed by atoms with Crippen LogP contribution in [0.25, 0.3) is 0 Å². The van der Waals surface area contributed by atoms with Crippen LogP contribution in [0.4, 0.5) is 26.3 Å². The van der Waals surface area contributed by atoms with Gasteiger partial charge in [-0.2, -0.15) is 13.2 Å². The van der Waals surface area contributed by atoms with E-state index < -0.39 is 39.1 Å². The van der Waals surface area contributed by atoms with Gasteiger partial charge in [0.05, 0.1) is 16.4 Å². The van der Waals surface area contributed by atoms with Crippen LogP contribution in [0.1, 0.15) is 23.0 Å². The van der Waals surface area contributed by atoms with Crippen LogP contribution in [0.15, 0.2) is 6.20 Å². The van der Waals surface area contributed by atoms with E-state index in [1.165, 1.54) is 6.92 Å². The largest absolute Gasteiger partial charge is 0.573 e. The molecule has 0 aliphatic heterocycles. The number of esters is 1. The number of alkyl halides is 6. The molecule has 0 fully saturated rings. The van der Waals surface area contributed by atoms with Crippen molar-refractivity contribution in [3.05, 3.63) is 21.0 Å². The maximum atomic E-state index is 12.8. The van der Waals surface area contributed by atoms with Gasteiger partial charge in [-0.3, -0.25) is 0 Å². The van der Waals surface area contributed by atoms with Gasteiger partial charge in [-0.1, -0.05) is 0 Å². The first-order valence-electron chi connectivity index (χ1n) is 5.16. The second-order valence-corrected chi connectivity index (χ2v) is 4.50. The number of hydrogen-bond acceptors (Lipinski definition) is 4. The summed E-state index contributed by atoms with van der Waals surface area (Å²) in [7, 11) is 0. The highest BCUT2D eigenvalue weighted by atomic mass is 127. The lowest BCUT2D eigenvalue weighted by molar-refractivity contribution is -0.275. The summed E-state index contributed by atoms with van der Waals surface area (Å²) in [4.78, 5) is 14.4. The van der Waals surface area contributed by atoms with E-state index in [-0.39, 0.29) is 12.8 Å². The van der Waals surface area contributed by atoms with Crippen LogP contribution in [-0.4, -0.2) is 23.9 Å². The highest BCUT2D eigenvalue weighted by Crippen LogP contribution is 2.37. The summed E-state index contributed by atoms with van der Waals surface area (Å²) in [6.07, 6.45) is -9.91. The van der Waals surface area contributed by atoms with Crippen molar-refractivity contribution in [2.45, 2.75) is 19.5 Å². The van der Waals surface area contributed by atoms with Crippen LogP contribution in [-0.2, 0) is 10.9 Å². The smallest absolute Gasteiger partial charge is 0.462 e. The van der Waals surface area contributed by atoms with Crippen LogP contribution < -0.4 is 4.74 Å². The van der Waals surface area contributed by atoms with Crippen molar-refractivity contribution in [3.8, 4) is 5.75 Å². The molecule has 0 aliphatic rings. The monoisotopic (exact) mass is 429 g/mol. The van der Waals surface area contributed by atoms with Crippen molar-refractivity contribution in [1.82, 2.24) is 4.98 Å². The number of rotatable bonds is 3. The Morgan fingerprint density at radius 2 is 1.86 bits per heavy atom. The lowest BCUT2D eigenvalue weighted by Crippen LogP contribution is -2.22. The molecule has 0 saturated carbocycles. The number of ether oxygens (including phenoxy) is 2. The van der Waals surface area contributed by atoms with Gasteiger partial charge in [-0.25, -0.2) is 9.78 Å².